The van der Waals surface area contributed by atoms with Gasteiger partial charge in [-0.25, -0.2) is 8.42 Å². The summed E-state index contributed by atoms with van der Waals surface area (Å²) in [6, 6.07) is 24.2. The van der Waals surface area contributed by atoms with E-state index in [2.05, 4.69) is 10.0 Å². The Hall–Kier alpha value is -3.42. The maximum atomic E-state index is 13.1. The van der Waals surface area contributed by atoms with Crippen molar-refractivity contribution < 1.29 is 17.6 Å². The van der Waals surface area contributed by atoms with Crippen LogP contribution in [0.5, 0.6) is 0 Å². The highest BCUT2D eigenvalue weighted by Crippen LogP contribution is 2.19. The van der Waals surface area contributed by atoms with Gasteiger partial charge in [-0.05, 0) is 47.0 Å². The number of carbonyl (C=O) groups excluding carboxylic acids is 1. The summed E-state index contributed by atoms with van der Waals surface area (Å²) >= 11 is 0. The minimum Gasteiger partial charge on any atom is -0.467 e. The van der Waals surface area contributed by atoms with E-state index in [1.807, 2.05) is 54.6 Å². The van der Waals surface area contributed by atoms with E-state index in [-0.39, 0.29) is 17.9 Å². The van der Waals surface area contributed by atoms with Crippen molar-refractivity contribution >= 4 is 26.7 Å². The van der Waals surface area contributed by atoms with Crippen LogP contribution in [-0.2, 0) is 27.8 Å². The lowest BCUT2D eigenvalue weighted by Crippen LogP contribution is -2.47. The zero-order chi connectivity index (χ0) is 21.7. The topological polar surface area (TPSA) is 88.4 Å². The standard InChI is InChI=1S/C24H22N2O4S/c27-24(25-17-21-11-6-14-30-21)23(15-18-7-2-1-3-8-18)26-31(28,29)22-13-12-19-9-4-5-10-20(19)16-22/h1-14,16,23,26H,15,17H2,(H,25,27)/t23-/m0/s1. The fraction of sp³-hybridized carbons (Fsp3) is 0.125. The Kier molecular flexibility index (Phi) is 6.16. The molecule has 0 aliphatic rings. The lowest BCUT2D eigenvalue weighted by molar-refractivity contribution is -0.122. The highest BCUT2D eigenvalue weighted by Gasteiger charge is 2.26. The number of hydrogen-bond donors (Lipinski definition) is 2. The third-order valence-corrected chi connectivity index (χ3v) is 6.41. The van der Waals surface area contributed by atoms with Crippen LogP contribution >= 0.6 is 0 Å². The molecule has 0 aliphatic heterocycles. The van der Waals surface area contributed by atoms with Gasteiger partial charge in [0.05, 0.1) is 17.7 Å². The van der Waals surface area contributed by atoms with Crippen molar-refractivity contribution in [1.82, 2.24) is 10.0 Å². The van der Waals surface area contributed by atoms with Crippen LogP contribution < -0.4 is 10.0 Å². The average molecular weight is 435 g/mol. The molecule has 0 fully saturated rings. The second-order valence-electron chi connectivity index (χ2n) is 7.17. The monoisotopic (exact) mass is 434 g/mol. The molecule has 0 saturated carbocycles. The van der Waals surface area contributed by atoms with E-state index in [4.69, 9.17) is 4.42 Å². The molecular weight excluding hydrogens is 412 g/mol. The van der Waals surface area contributed by atoms with Gasteiger partial charge in [0, 0.05) is 0 Å². The molecule has 31 heavy (non-hydrogen) atoms. The van der Waals surface area contributed by atoms with Crippen LogP contribution in [0.3, 0.4) is 0 Å². The summed E-state index contributed by atoms with van der Waals surface area (Å²) in [5, 5.41) is 4.50. The first kappa shape index (κ1) is 20.8. The van der Waals surface area contributed by atoms with E-state index in [0.717, 1.165) is 16.3 Å². The molecule has 0 aliphatic carbocycles. The van der Waals surface area contributed by atoms with Gasteiger partial charge in [0.2, 0.25) is 15.9 Å². The van der Waals surface area contributed by atoms with E-state index >= 15 is 0 Å². The molecule has 1 amide bonds. The lowest BCUT2D eigenvalue weighted by Gasteiger charge is -2.19. The van der Waals surface area contributed by atoms with Gasteiger partial charge in [-0.2, -0.15) is 4.72 Å². The van der Waals surface area contributed by atoms with Crippen LogP contribution in [0.1, 0.15) is 11.3 Å². The third-order valence-electron chi connectivity index (χ3n) is 4.94. The summed E-state index contributed by atoms with van der Waals surface area (Å²) in [5.41, 5.74) is 0.849. The molecule has 1 atom stereocenters. The van der Waals surface area contributed by atoms with Gasteiger partial charge in [-0.3, -0.25) is 4.79 Å². The fourth-order valence-electron chi connectivity index (χ4n) is 3.34. The minimum absolute atomic E-state index is 0.114. The Morgan fingerprint density at radius 2 is 1.61 bits per heavy atom. The number of carbonyl (C=O) groups is 1. The summed E-state index contributed by atoms with van der Waals surface area (Å²) in [4.78, 5) is 13.0. The molecule has 3 aromatic carbocycles. The maximum absolute atomic E-state index is 13.1. The summed E-state index contributed by atoms with van der Waals surface area (Å²) in [6.45, 7) is 0.175. The number of rotatable bonds is 8. The predicted octanol–water partition coefficient (Wildman–Crippen LogP) is 3.64. The molecule has 2 N–H and O–H groups in total. The number of sulfonamides is 1. The van der Waals surface area contributed by atoms with E-state index in [0.29, 0.717) is 5.76 Å². The largest absolute Gasteiger partial charge is 0.467 e. The highest BCUT2D eigenvalue weighted by molar-refractivity contribution is 7.89. The van der Waals surface area contributed by atoms with Crippen LogP contribution in [-0.4, -0.2) is 20.4 Å². The van der Waals surface area contributed by atoms with Gasteiger partial charge in [0.1, 0.15) is 11.8 Å². The van der Waals surface area contributed by atoms with E-state index in [1.165, 1.54) is 6.26 Å². The quantitative estimate of drug-likeness (QED) is 0.443. The van der Waals surface area contributed by atoms with Crippen LogP contribution in [0.2, 0.25) is 0 Å². The van der Waals surface area contributed by atoms with E-state index in [9.17, 15) is 13.2 Å². The number of amides is 1. The first-order valence-electron chi connectivity index (χ1n) is 9.86. The Morgan fingerprint density at radius 3 is 2.35 bits per heavy atom. The molecule has 158 valence electrons. The van der Waals surface area contributed by atoms with Crippen molar-refractivity contribution in [3.63, 3.8) is 0 Å². The smallest absolute Gasteiger partial charge is 0.241 e. The van der Waals surface area contributed by atoms with Crippen LogP contribution in [0.25, 0.3) is 10.8 Å². The molecule has 0 bridgehead atoms. The molecule has 0 spiro atoms. The Labute approximate surface area is 181 Å². The number of nitrogens with one attached hydrogen (secondary N) is 2. The van der Waals surface area contributed by atoms with Gasteiger partial charge >= 0.3 is 0 Å². The van der Waals surface area contributed by atoms with Crippen molar-refractivity contribution in [2.24, 2.45) is 0 Å². The summed E-state index contributed by atoms with van der Waals surface area (Å²) in [7, 11) is -3.92. The molecular formula is C24H22N2O4S. The molecule has 7 heteroatoms. The van der Waals surface area contributed by atoms with E-state index < -0.39 is 22.0 Å². The number of fused-ring (bicyclic) bond motifs is 1. The molecule has 4 aromatic rings. The summed E-state index contributed by atoms with van der Waals surface area (Å²) in [6.07, 6.45) is 1.74. The van der Waals surface area contributed by atoms with Crippen molar-refractivity contribution in [2.75, 3.05) is 0 Å². The third kappa shape index (κ3) is 5.20. The second kappa shape index (κ2) is 9.16. The first-order chi connectivity index (χ1) is 15.0. The highest BCUT2D eigenvalue weighted by atomic mass is 32.2. The Bertz CT molecular complexity index is 1270. The van der Waals surface area contributed by atoms with Crippen molar-refractivity contribution in [3.8, 4) is 0 Å². The van der Waals surface area contributed by atoms with Crippen LogP contribution in [0, 0.1) is 0 Å². The zero-order valence-electron chi connectivity index (χ0n) is 16.7. The molecule has 1 aromatic heterocycles. The molecule has 1 heterocycles. The summed E-state index contributed by atoms with van der Waals surface area (Å²) < 4.78 is 34.0. The van der Waals surface area contributed by atoms with Gasteiger partial charge in [-0.1, -0.05) is 60.7 Å². The molecule has 4 rings (SSSR count). The molecule has 0 unspecified atom stereocenters. The lowest BCUT2D eigenvalue weighted by atomic mass is 10.1. The first-order valence-corrected chi connectivity index (χ1v) is 11.3. The SMILES string of the molecule is O=C(NCc1ccco1)[C@H](Cc1ccccc1)NS(=O)(=O)c1ccc2ccccc2c1. The van der Waals surface area contributed by atoms with Gasteiger partial charge in [0.15, 0.2) is 0 Å². The molecule has 6 nitrogen and oxygen atoms in total. The molecule has 0 saturated heterocycles. The van der Waals surface area contributed by atoms with Gasteiger partial charge in [-0.15, -0.1) is 0 Å². The average Bonchev–Trinajstić information content (AvgIpc) is 3.31. The van der Waals surface area contributed by atoms with Crippen molar-refractivity contribution in [2.45, 2.75) is 23.9 Å². The van der Waals surface area contributed by atoms with Crippen molar-refractivity contribution in [1.29, 1.82) is 0 Å². The normalized spacial score (nSPS) is 12.5. The second-order valence-corrected chi connectivity index (χ2v) is 8.88. The minimum atomic E-state index is -3.92. The van der Waals surface area contributed by atoms with Crippen LogP contribution in [0.15, 0.2) is 101 Å². The Balaban J connectivity index is 1.57. The predicted molar refractivity (Wildman–Crippen MR) is 119 cm³/mol. The van der Waals surface area contributed by atoms with Gasteiger partial charge in [0.25, 0.3) is 0 Å². The maximum Gasteiger partial charge on any atom is 0.241 e. The number of hydrogen-bond acceptors (Lipinski definition) is 4. The summed E-state index contributed by atoms with van der Waals surface area (Å²) in [5.74, 6) is 0.161. The Morgan fingerprint density at radius 1 is 0.871 bits per heavy atom. The van der Waals surface area contributed by atoms with Gasteiger partial charge < -0.3 is 9.73 Å². The zero-order valence-corrected chi connectivity index (χ0v) is 17.5. The number of benzene rings is 3. The van der Waals surface area contributed by atoms with E-state index in [1.54, 1.807) is 30.3 Å². The van der Waals surface area contributed by atoms with Crippen LogP contribution in [0.4, 0.5) is 0 Å². The molecule has 0 radical (unpaired) electrons. The number of furan rings is 1. The fourth-order valence-corrected chi connectivity index (χ4v) is 4.57. The van der Waals surface area contributed by atoms with Crippen molar-refractivity contribution in [3.05, 3.63) is 103 Å².